The molecule has 1 aromatic rings. The predicted molar refractivity (Wildman–Crippen MR) is 65.1 cm³/mol. The molecule has 1 rings (SSSR count). The van der Waals surface area contributed by atoms with Crippen LogP contribution in [0.15, 0.2) is 10.9 Å². The second-order valence-corrected chi connectivity index (χ2v) is 4.24. The summed E-state index contributed by atoms with van der Waals surface area (Å²) in [7, 11) is 0. The molecule has 1 heterocycles. The number of ether oxygens (including phenoxy) is 1. The number of aromatic amines is 1. The van der Waals surface area contributed by atoms with E-state index in [0.717, 1.165) is 6.07 Å². The molecule has 0 aromatic carbocycles. The van der Waals surface area contributed by atoms with E-state index in [2.05, 4.69) is 9.72 Å². The van der Waals surface area contributed by atoms with Crippen LogP contribution in [0.25, 0.3) is 0 Å². The fourth-order valence-electron chi connectivity index (χ4n) is 1.21. The van der Waals surface area contributed by atoms with Crippen molar-refractivity contribution >= 4 is 28.6 Å². The first-order valence-corrected chi connectivity index (χ1v) is 5.89. The van der Waals surface area contributed by atoms with Crippen molar-refractivity contribution in [1.82, 2.24) is 4.98 Å². The lowest BCUT2D eigenvalue weighted by molar-refractivity contribution is -0.142. The third kappa shape index (κ3) is 3.76. The van der Waals surface area contributed by atoms with Gasteiger partial charge >= 0.3 is 5.97 Å². The van der Waals surface area contributed by atoms with Crippen molar-refractivity contribution in [2.75, 3.05) is 6.61 Å². The average Bonchev–Trinajstić information content (AvgIpc) is 2.24. The fraction of sp³-hybridized carbons (Fsp3) is 0.400. The van der Waals surface area contributed by atoms with Crippen LogP contribution in [0.3, 0.4) is 0 Å². The van der Waals surface area contributed by atoms with Gasteiger partial charge in [0.1, 0.15) is 0 Å². The van der Waals surface area contributed by atoms with Crippen LogP contribution in [0.4, 0.5) is 8.78 Å². The third-order valence-corrected chi connectivity index (χ3v) is 3.11. The summed E-state index contributed by atoms with van der Waals surface area (Å²) < 4.78 is 29.8. The van der Waals surface area contributed by atoms with Gasteiger partial charge in [0.25, 0.3) is 6.43 Å². The van der Waals surface area contributed by atoms with Gasteiger partial charge in [-0.2, -0.15) is 0 Å². The standard InChI is InChI=1S/C10H10F2INO3/c1-2-17-8(16)4-5-9(13)7(15)3-6(14-5)10(11)12/h3,10H,2,4H2,1H3,(H,14,15). The van der Waals surface area contributed by atoms with E-state index < -0.39 is 23.5 Å². The highest BCUT2D eigenvalue weighted by Gasteiger charge is 2.15. The van der Waals surface area contributed by atoms with Crippen LogP contribution in [-0.2, 0) is 16.0 Å². The van der Waals surface area contributed by atoms with Crippen molar-refractivity contribution in [2.45, 2.75) is 19.8 Å². The molecule has 1 aromatic heterocycles. The molecule has 0 saturated carbocycles. The van der Waals surface area contributed by atoms with Gasteiger partial charge in [0.05, 0.1) is 22.3 Å². The first kappa shape index (κ1) is 14.1. The zero-order valence-corrected chi connectivity index (χ0v) is 11.1. The summed E-state index contributed by atoms with van der Waals surface area (Å²) in [6.07, 6.45) is -3.00. The quantitative estimate of drug-likeness (QED) is 0.663. The summed E-state index contributed by atoms with van der Waals surface area (Å²) in [4.78, 5) is 25.0. The van der Waals surface area contributed by atoms with Crippen LogP contribution in [-0.4, -0.2) is 17.6 Å². The fourth-order valence-corrected chi connectivity index (χ4v) is 1.70. The highest BCUT2D eigenvalue weighted by Crippen LogP contribution is 2.17. The number of carbonyl (C=O) groups excluding carboxylic acids is 1. The van der Waals surface area contributed by atoms with Gasteiger partial charge in [0.15, 0.2) is 5.43 Å². The second-order valence-electron chi connectivity index (χ2n) is 3.16. The molecular formula is C10H10F2INO3. The van der Waals surface area contributed by atoms with Crippen molar-refractivity contribution in [3.05, 3.63) is 31.2 Å². The number of nitrogens with one attached hydrogen (secondary N) is 1. The normalized spacial score (nSPS) is 10.6. The number of aromatic nitrogens is 1. The molecule has 0 saturated heterocycles. The first-order chi connectivity index (χ1) is 7.95. The van der Waals surface area contributed by atoms with Gasteiger partial charge in [-0.1, -0.05) is 0 Å². The number of carbonyl (C=O) groups is 1. The SMILES string of the molecule is CCOC(=O)Cc1[nH]c(C(F)F)cc(=O)c1I. The molecule has 0 aliphatic rings. The minimum absolute atomic E-state index is 0.159. The van der Waals surface area contributed by atoms with Gasteiger partial charge in [0, 0.05) is 11.8 Å². The third-order valence-electron chi connectivity index (χ3n) is 1.92. The lowest BCUT2D eigenvalue weighted by atomic mass is 10.2. The molecule has 4 nitrogen and oxygen atoms in total. The number of esters is 1. The maximum absolute atomic E-state index is 12.5. The zero-order chi connectivity index (χ0) is 13.0. The van der Waals surface area contributed by atoms with E-state index in [1.54, 1.807) is 29.5 Å². The monoisotopic (exact) mass is 357 g/mol. The second kappa shape index (κ2) is 6.08. The van der Waals surface area contributed by atoms with Crippen molar-refractivity contribution in [1.29, 1.82) is 0 Å². The van der Waals surface area contributed by atoms with Crippen molar-refractivity contribution in [2.24, 2.45) is 0 Å². The summed E-state index contributed by atoms with van der Waals surface area (Å²) in [6, 6.07) is 0.834. The topological polar surface area (TPSA) is 59.2 Å². The largest absolute Gasteiger partial charge is 0.466 e. The Morgan fingerprint density at radius 3 is 2.76 bits per heavy atom. The molecule has 0 radical (unpaired) electrons. The van der Waals surface area contributed by atoms with Crippen LogP contribution in [0.2, 0.25) is 0 Å². The minimum Gasteiger partial charge on any atom is -0.466 e. The number of rotatable bonds is 4. The molecule has 94 valence electrons. The molecule has 0 bridgehead atoms. The van der Waals surface area contributed by atoms with Gasteiger partial charge in [-0.25, -0.2) is 8.78 Å². The van der Waals surface area contributed by atoms with E-state index >= 15 is 0 Å². The number of alkyl halides is 2. The number of hydrogen-bond donors (Lipinski definition) is 1. The maximum atomic E-state index is 12.5. The number of halogens is 3. The van der Waals surface area contributed by atoms with Gasteiger partial charge in [-0.05, 0) is 29.5 Å². The maximum Gasteiger partial charge on any atom is 0.311 e. The Labute approximate surface area is 110 Å². The molecule has 0 unspecified atom stereocenters. The Hall–Kier alpha value is -0.990. The van der Waals surface area contributed by atoms with Crippen molar-refractivity contribution < 1.29 is 18.3 Å². The Morgan fingerprint density at radius 2 is 2.24 bits per heavy atom. The van der Waals surface area contributed by atoms with Gasteiger partial charge in [0.2, 0.25) is 0 Å². The van der Waals surface area contributed by atoms with Crippen molar-refractivity contribution in [3.63, 3.8) is 0 Å². The van der Waals surface area contributed by atoms with E-state index in [0.29, 0.717) is 0 Å². The van der Waals surface area contributed by atoms with E-state index in [4.69, 9.17) is 0 Å². The number of H-pyrrole nitrogens is 1. The van der Waals surface area contributed by atoms with Gasteiger partial charge in [-0.15, -0.1) is 0 Å². The van der Waals surface area contributed by atoms with E-state index in [-0.39, 0.29) is 22.3 Å². The lowest BCUT2D eigenvalue weighted by Crippen LogP contribution is -2.17. The molecule has 0 spiro atoms. The lowest BCUT2D eigenvalue weighted by Gasteiger charge is -2.07. The zero-order valence-electron chi connectivity index (χ0n) is 8.93. The highest BCUT2D eigenvalue weighted by molar-refractivity contribution is 14.1. The summed E-state index contributed by atoms with van der Waals surface area (Å²) in [6.45, 7) is 1.84. The highest BCUT2D eigenvalue weighted by atomic mass is 127. The Bertz CT molecular complexity index is 473. The minimum atomic E-state index is -2.78. The molecule has 0 aliphatic carbocycles. The Balaban J connectivity index is 3.06. The van der Waals surface area contributed by atoms with Crippen LogP contribution >= 0.6 is 22.6 Å². The first-order valence-electron chi connectivity index (χ1n) is 4.81. The Morgan fingerprint density at radius 1 is 1.59 bits per heavy atom. The van der Waals surface area contributed by atoms with E-state index in [9.17, 15) is 18.4 Å². The summed E-state index contributed by atoms with van der Waals surface area (Å²) in [5.74, 6) is -0.563. The smallest absolute Gasteiger partial charge is 0.311 e. The molecule has 0 amide bonds. The van der Waals surface area contributed by atoms with E-state index in [1.165, 1.54) is 0 Å². The summed E-state index contributed by atoms with van der Waals surface area (Å²) >= 11 is 1.71. The van der Waals surface area contributed by atoms with Crippen LogP contribution in [0.5, 0.6) is 0 Å². The van der Waals surface area contributed by atoms with Gasteiger partial charge in [-0.3, -0.25) is 9.59 Å². The number of hydrogen-bond acceptors (Lipinski definition) is 3. The molecule has 1 N–H and O–H groups in total. The van der Waals surface area contributed by atoms with E-state index in [1.807, 2.05) is 0 Å². The molecule has 17 heavy (non-hydrogen) atoms. The van der Waals surface area contributed by atoms with Crippen LogP contribution in [0, 0.1) is 3.57 Å². The number of pyridine rings is 1. The Kier molecular flexibility index (Phi) is 5.03. The average molecular weight is 357 g/mol. The van der Waals surface area contributed by atoms with Gasteiger partial charge < -0.3 is 9.72 Å². The molecule has 0 fully saturated rings. The molecule has 0 atom stereocenters. The van der Waals surface area contributed by atoms with Crippen LogP contribution in [0.1, 0.15) is 24.7 Å². The molecule has 0 aliphatic heterocycles. The van der Waals surface area contributed by atoms with Crippen LogP contribution < -0.4 is 5.43 Å². The molecule has 7 heteroatoms. The predicted octanol–water partition coefficient (Wildman–Crippen LogP) is 2.02. The summed E-state index contributed by atoms with van der Waals surface area (Å²) in [5, 5.41) is 0. The summed E-state index contributed by atoms with van der Waals surface area (Å²) in [5.41, 5.74) is -0.861. The van der Waals surface area contributed by atoms with Crippen molar-refractivity contribution in [3.8, 4) is 0 Å². The molecular weight excluding hydrogens is 347 g/mol.